The highest BCUT2D eigenvalue weighted by Gasteiger charge is 2.28. The zero-order valence-corrected chi connectivity index (χ0v) is 15.6. The predicted molar refractivity (Wildman–Crippen MR) is 106 cm³/mol. The molecule has 1 aliphatic rings. The van der Waals surface area contributed by atoms with Crippen LogP contribution in [-0.2, 0) is 13.0 Å². The minimum atomic E-state index is -0.274. The maximum Gasteiger partial charge on any atom is 0.272 e. The van der Waals surface area contributed by atoms with Gasteiger partial charge in [-0.15, -0.1) is 10.2 Å². The molecule has 2 heterocycles. The Balaban J connectivity index is 1.48. The Morgan fingerprint density at radius 1 is 1.11 bits per heavy atom. The highest BCUT2D eigenvalue weighted by Crippen LogP contribution is 2.36. The first-order chi connectivity index (χ1) is 13.1. The van der Waals surface area contributed by atoms with Crippen molar-refractivity contribution in [3.63, 3.8) is 0 Å². The fourth-order valence-electron chi connectivity index (χ4n) is 3.40. The Kier molecular flexibility index (Phi) is 4.77. The topological polar surface area (TPSA) is 58.1 Å². The van der Waals surface area contributed by atoms with E-state index in [9.17, 15) is 4.79 Å². The molecule has 1 amide bonds. The molecule has 0 saturated carbocycles. The number of nitrogens with one attached hydrogen (secondary N) is 1. The van der Waals surface area contributed by atoms with Crippen molar-refractivity contribution in [1.29, 1.82) is 0 Å². The van der Waals surface area contributed by atoms with E-state index in [0.717, 1.165) is 23.5 Å². The second-order valence-corrected chi connectivity index (χ2v) is 7.01. The Morgan fingerprint density at radius 3 is 2.67 bits per heavy atom. The number of amides is 1. The van der Waals surface area contributed by atoms with Gasteiger partial charge in [-0.25, -0.2) is 0 Å². The average Bonchev–Trinajstić information content (AvgIpc) is 3.03. The number of rotatable bonds is 4. The van der Waals surface area contributed by atoms with Crippen LogP contribution in [0.1, 0.15) is 28.5 Å². The van der Waals surface area contributed by atoms with Gasteiger partial charge < -0.3 is 10.2 Å². The summed E-state index contributed by atoms with van der Waals surface area (Å²) in [6.07, 6.45) is 0.970. The van der Waals surface area contributed by atoms with Crippen LogP contribution in [0.25, 0.3) is 0 Å². The standard InChI is InChI=1S/C21H19ClN4O/c1-14-12-15-6-3-5-9-19(15)26(14)20-11-10-18(24-25-20)21(27)23-13-16-7-2-4-8-17(16)22/h2-11,14H,12-13H2,1H3,(H,23,27). The van der Waals surface area contributed by atoms with E-state index in [0.29, 0.717) is 17.6 Å². The molecule has 136 valence electrons. The van der Waals surface area contributed by atoms with Crippen molar-refractivity contribution in [3.05, 3.63) is 82.5 Å². The molecule has 1 atom stereocenters. The van der Waals surface area contributed by atoms with Gasteiger partial charge in [0.25, 0.3) is 5.91 Å². The summed E-state index contributed by atoms with van der Waals surface area (Å²) in [5.74, 6) is 0.471. The fourth-order valence-corrected chi connectivity index (χ4v) is 3.60. The number of halogens is 1. The van der Waals surface area contributed by atoms with Crippen molar-refractivity contribution in [1.82, 2.24) is 15.5 Å². The molecule has 6 heteroatoms. The molecule has 0 saturated heterocycles. The van der Waals surface area contributed by atoms with Gasteiger partial charge in [0, 0.05) is 23.3 Å². The van der Waals surface area contributed by atoms with Crippen LogP contribution in [0.2, 0.25) is 5.02 Å². The van der Waals surface area contributed by atoms with Crippen LogP contribution >= 0.6 is 11.6 Å². The van der Waals surface area contributed by atoms with Crippen molar-refractivity contribution in [2.45, 2.75) is 25.9 Å². The third-order valence-electron chi connectivity index (χ3n) is 4.73. The molecule has 1 aliphatic heterocycles. The van der Waals surface area contributed by atoms with Gasteiger partial charge in [-0.05, 0) is 48.7 Å². The summed E-state index contributed by atoms with van der Waals surface area (Å²) in [5.41, 5.74) is 3.59. The summed E-state index contributed by atoms with van der Waals surface area (Å²) >= 11 is 6.12. The zero-order valence-electron chi connectivity index (χ0n) is 14.9. The van der Waals surface area contributed by atoms with Crippen LogP contribution in [0.5, 0.6) is 0 Å². The molecule has 0 aliphatic carbocycles. The first-order valence-electron chi connectivity index (χ1n) is 8.86. The van der Waals surface area contributed by atoms with Crippen molar-refractivity contribution in [2.75, 3.05) is 4.90 Å². The summed E-state index contributed by atoms with van der Waals surface area (Å²) in [6.45, 7) is 2.50. The van der Waals surface area contributed by atoms with Crippen LogP contribution in [0.3, 0.4) is 0 Å². The average molecular weight is 379 g/mol. The van der Waals surface area contributed by atoms with Crippen LogP contribution in [0.4, 0.5) is 11.5 Å². The lowest BCUT2D eigenvalue weighted by Crippen LogP contribution is -2.27. The lowest BCUT2D eigenvalue weighted by atomic mass is 10.1. The maximum atomic E-state index is 12.4. The van der Waals surface area contributed by atoms with E-state index >= 15 is 0 Å². The maximum absolute atomic E-state index is 12.4. The van der Waals surface area contributed by atoms with Gasteiger partial charge in [-0.1, -0.05) is 48.0 Å². The molecule has 2 aromatic carbocycles. The number of nitrogens with zero attached hydrogens (tertiary/aromatic N) is 3. The predicted octanol–water partition coefficient (Wildman–Crippen LogP) is 4.14. The number of hydrogen-bond donors (Lipinski definition) is 1. The Bertz CT molecular complexity index is 974. The number of carbonyl (C=O) groups excluding carboxylic acids is 1. The number of carbonyl (C=O) groups is 1. The van der Waals surface area contributed by atoms with Crippen molar-refractivity contribution < 1.29 is 4.79 Å². The smallest absolute Gasteiger partial charge is 0.272 e. The number of aromatic nitrogens is 2. The number of hydrogen-bond acceptors (Lipinski definition) is 4. The zero-order chi connectivity index (χ0) is 18.8. The second-order valence-electron chi connectivity index (χ2n) is 6.60. The van der Waals surface area contributed by atoms with E-state index < -0.39 is 0 Å². The molecule has 1 unspecified atom stereocenters. The van der Waals surface area contributed by atoms with Gasteiger partial charge in [-0.3, -0.25) is 4.79 Å². The van der Waals surface area contributed by atoms with Crippen molar-refractivity contribution >= 4 is 29.0 Å². The van der Waals surface area contributed by atoms with Gasteiger partial charge in [0.2, 0.25) is 0 Å². The van der Waals surface area contributed by atoms with Gasteiger partial charge in [0.1, 0.15) is 0 Å². The number of fused-ring (bicyclic) bond motifs is 1. The first kappa shape index (κ1) is 17.5. The van der Waals surface area contributed by atoms with Crippen molar-refractivity contribution in [3.8, 4) is 0 Å². The van der Waals surface area contributed by atoms with Crippen LogP contribution in [0, 0.1) is 0 Å². The summed E-state index contributed by atoms with van der Waals surface area (Å²) in [7, 11) is 0. The van der Waals surface area contributed by atoms with E-state index in [1.807, 2.05) is 36.4 Å². The molecule has 0 spiro atoms. The Labute approximate surface area is 163 Å². The van der Waals surface area contributed by atoms with Gasteiger partial charge in [-0.2, -0.15) is 0 Å². The van der Waals surface area contributed by atoms with Crippen LogP contribution < -0.4 is 10.2 Å². The molecule has 0 fully saturated rings. The molecule has 3 aromatic rings. The van der Waals surface area contributed by atoms with E-state index in [1.54, 1.807) is 12.1 Å². The Hall–Kier alpha value is -2.92. The van der Waals surface area contributed by atoms with Crippen LogP contribution in [-0.4, -0.2) is 22.1 Å². The fraction of sp³-hybridized carbons (Fsp3) is 0.190. The molecular formula is C21H19ClN4O. The van der Waals surface area contributed by atoms with E-state index in [2.05, 4.69) is 39.5 Å². The molecular weight excluding hydrogens is 360 g/mol. The molecule has 0 bridgehead atoms. The van der Waals surface area contributed by atoms with E-state index in [1.165, 1.54) is 5.56 Å². The number of benzene rings is 2. The lowest BCUT2D eigenvalue weighted by molar-refractivity contribution is 0.0945. The van der Waals surface area contributed by atoms with E-state index in [-0.39, 0.29) is 11.6 Å². The SMILES string of the molecule is CC1Cc2ccccc2N1c1ccc(C(=O)NCc2ccccc2Cl)nn1. The van der Waals surface area contributed by atoms with E-state index in [4.69, 9.17) is 11.6 Å². The largest absolute Gasteiger partial charge is 0.347 e. The normalized spacial score (nSPS) is 15.5. The highest BCUT2D eigenvalue weighted by molar-refractivity contribution is 6.31. The molecule has 1 aromatic heterocycles. The summed E-state index contributed by atoms with van der Waals surface area (Å²) in [4.78, 5) is 14.5. The minimum absolute atomic E-state index is 0.274. The third-order valence-corrected chi connectivity index (χ3v) is 5.10. The summed E-state index contributed by atoms with van der Waals surface area (Å²) in [5, 5.41) is 11.9. The van der Waals surface area contributed by atoms with Gasteiger partial charge >= 0.3 is 0 Å². The highest BCUT2D eigenvalue weighted by atomic mass is 35.5. The first-order valence-corrected chi connectivity index (χ1v) is 9.24. The summed E-state index contributed by atoms with van der Waals surface area (Å²) < 4.78 is 0. The third kappa shape index (κ3) is 3.51. The number of anilines is 2. The number of para-hydroxylation sites is 1. The lowest BCUT2D eigenvalue weighted by Gasteiger charge is -2.23. The second kappa shape index (κ2) is 7.37. The molecule has 5 nitrogen and oxygen atoms in total. The Morgan fingerprint density at radius 2 is 1.89 bits per heavy atom. The minimum Gasteiger partial charge on any atom is -0.347 e. The molecule has 1 N–H and O–H groups in total. The summed E-state index contributed by atoms with van der Waals surface area (Å²) in [6, 6.07) is 19.6. The van der Waals surface area contributed by atoms with Crippen molar-refractivity contribution in [2.24, 2.45) is 0 Å². The molecule has 4 rings (SSSR count). The molecule has 27 heavy (non-hydrogen) atoms. The van der Waals surface area contributed by atoms with Gasteiger partial charge in [0.05, 0.1) is 0 Å². The van der Waals surface area contributed by atoms with Crippen LogP contribution in [0.15, 0.2) is 60.7 Å². The quantitative estimate of drug-likeness (QED) is 0.741. The van der Waals surface area contributed by atoms with Gasteiger partial charge in [0.15, 0.2) is 11.5 Å². The monoisotopic (exact) mass is 378 g/mol. The molecule has 0 radical (unpaired) electrons.